The van der Waals surface area contributed by atoms with Crippen LogP contribution in [0.1, 0.15) is 19.4 Å². The summed E-state index contributed by atoms with van der Waals surface area (Å²) in [5.74, 6) is -0.197. The van der Waals surface area contributed by atoms with E-state index in [1.165, 1.54) is 0 Å². The number of ether oxygens (including phenoxy) is 1. The topological polar surface area (TPSA) is 58.6 Å². The van der Waals surface area contributed by atoms with Gasteiger partial charge < -0.3 is 9.84 Å². The molecule has 0 fully saturated rings. The Kier molecular flexibility index (Phi) is 5.23. The highest BCUT2D eigenvalue weighted by atomic mass is 16.5. The zero-order chi connectivity index (χ0) is 12.7. The van der Waals surface area contributed by atoms with Crippen molar-refractivity contribution in [3.05, 3.63) is 35.9 Å². The Morgan fingerprint density at radius 1 is 1.47 bits per heavy atom. The van der Waals surface area contributed by atoms with E-state index in [1.54, 1.807) is 6.08 Å². The van der Waals surface area contributed by atoms with E-state index < -0.39 is 5.97 Å². The van der Waals surface area contributed by atoms with Gasteiger partial charge in [0.1, 0.15) is 12.0 Å². The average Bonchev–Trinajstić information content (AvgIpc) is 2.28. The van der Waals surface area contributed by atoms with E-state index in [0.717, 1.165) is 23.9 Å². The molecule has 1 atom stereocenters. The fourth-order valence-corrected chi connectivity index (χ4v) is 1.36. The van der Waals surface area contributed by atoms with Crippen molar-refractivity contribution in [2.75, 3.05) is 6.54 Å². The van der Waals surface area contributed by atoms with Crippen LogP contribution in [0.5, 0.6) is 5.75 Å². The van der Waals surface area contributed by atoms with E-state index in [9.17, 15) is 4.79 Å². The van der Waals surface area contributed by atoms with Crippen LogP contribution in [0.2, 0.25) is 0 Å². The molecule has 0 spiro atoms. The minimum atomic E-state index is -0.953. The van der Waals surface area contributed by atoms with E-state index in [1.807, 2.05) is 38.1 Å². The number of hydrogen-bond acceptors (Lipinski definition) is 3. The molecule has 0 heterocycles. The summed E-state index contributed by atoms with van der Waals surface area (Å²) >= 11 is 0. The summed E-state index contributed by atoms with van der Waals surface area (Å²) in [7, 11) is 0. The molecule has 1 rings (SSSR count). The molecule has 0 aliphatic rings. The zero-order valence-corrected chi connectivity index (χ0v) is 10.0. The van der Waals surface area contributed by atoms with Gasteiger partial charge in [0, 0.05) is 6.08 Å². The molecule has 0 aliphatic heterocycles. The molecule has 0 amide bonds. The van der Waals surface area contributed by atoms with Crippen molar-refractivity contribution in [3.63, 3.8) is 0 Å². The molecule has 4 heteroatoms. The first kappa shape index (κ1) is 13.3. The first-order valence-corrected chi connectivity index (χ1v) is 5.53. The van der Waals surface area contributed by atoms with Crippen molar-refractivity contribution in [3.8, 4) is 5.75 Å². The summed E-state index contributed by atoms with van der Waals surface area (Å²) in [6.45, 7) is 4.79. The van der Waals surface area contributed by atoms with Crippen LogP contribution >= 0.6 is 0 Å². The van der Waals surface area contributed by atoms with Crippen LogP contribution in [0.15, 0.2) is 30.3 Å². The van der Waals surface area contributed by atoms with Crippen LogP contribution < -0.4 is 10.1 Å². The third-order valence-corrected chi connectivity index (χ3v) is 2.10. The van der Waals surface area contributed by atoms with E-state index in [2.05, 4.69) is 5.32 Å². The minimum Gasteiger partial charge on any atom is -0.478 e. The highest BCUT2D eigenvalue weighted by molar-refractivity contribution is 5.85. The molecule has 0 saturated heterocycles. The molecule has 92 valence electrons. The lowest BCUT2D eigenvalue weighted by atomic mass is 10.2. The van der Waals surface area contributed by atoms with Gasteiger partial charge in [-0.05, 0) is 37.2 Å². The lowest BCUT2D eigenvalue weighted by Crippen LogP contribution is -2.30. The summed E-state index contributed by atoms with van der Waals surface area (Å²) in [4.78, 5) is 10.3. The van der Waals surface area contributed by atoms with Crippen molar-refractivity contribution < 1.29 is 14.6 Å². The number of nitrogens with one attached hydrogen (secondary N) is 1. The summed E-state index contributed by atoms with van der Waals surface area (Å²) in [6.07, 6.45) is 2.61. The SMILES string of the molecule is CCNC(C)Oc1ccc(/C=C/C(=O)O)cc1. The molecule has 1 aromatic carbocycles. The van der Waals surface area contributed by atoms with Gasteiger partial charge in [-0.2, -0.15) is 0 Å². The van der Waals surface area contributed by atoms with Crippen molar-refractivity contribution >= 4 is 12.0 Å². The van der Waals surface area contributed by atoms with Gasteiger partial charge in [0.25, 0.3) is 0 Å². The van der Waals surface area contributed by atoms with Crippen LogP contribution in [0.3, 0.4) is 0 Å². The van der Waals surface area contributed by atoms with Gasteiger partial charge in [-0.3, -0.25) is 5.32 Å². The Labute approximate surface area is 101 Å². The summed E-state index contributed by atoms with van der Waals surface area (Å²) in [6, 6.07) is 7.26. The van der Waals surface area contributed by atoms with Gasteiger partial charge in [-0.25, -0.2) is 4.79 Å². The standard InChI is InChI=1S/C13H17NO3/c1-3-14-10(2)17-12-7-4-11(5-8-12)6-9-13(15)16/h4-10,14H,3H2,1-2H3,(H,15,16)/b9-6+. The molecular weight excluding hydrogens is 218 g/mol. The number of rotatable bonds is 6. The lowest BCUT2D eigenvalue weighted by molar-refractivity contribution is -0.131. The smallest absolute Gasteiger partial charge is 0.328 e. The van der Waals surface area contributed by atoms with Gasteiger partial charge in [0.15, 0.2) is 0 Å². The molecule has 0 aliphatic carbocycles. The second kappa shape index (κ2) is 6.70. The molecule has 0 saturated carbocycles. The Morgan fingerprint density at radius 3 is 2.65 bits per heavy atom. The van der Waals surface area contributed by atoms with Gasteiger partial charge in [0.2, 0.25) is 0 Å². The molecule has 0 aromatic heterocycles. The highest BCUT2D eigenvalue weighted by Crippen LogP contribution is 2.14. The van der Waals surface area contributed by atoms with Crippen LogP contribution in [-0.2, 0) is 4.79 Å². The lowest BCUT2D eigenvalue weighted by Gasteiger charge is -2.14. The van der Waals surface area contributed by atoms with Crippen LogP contribution in [0, 0.1) is 0 Å². The summed E-state index contributed by atoms with van der Waals surface area (Å²) in [5, 5.41) is 11.6. The predicted octanol–water partition coefficient (Wildman–Crippen LogP) is 2.12. The zero-order valence-electron chi connectivity index (χ0n) is 10.0. The Hall–Kier alpha value is -1.81. The number of carbonyl (C=O) groups is 1. The van der Waals surface area contributed by atoms with Gasteiger partial charge in [-0.1, -0.05) is 19.1 Å². The Morgan fingerprint density at radius 2 is 2.12 bits per heavy atom. The summed E-state index contributed by atoms with van der Waals surface area (Å²) < 4.78 is 5.58. The minimum absolute atomic E-state index is 0.0413. The maximum Gasteiger partial charge on any atom is 0.328 e. The van der Waals surface area contributed by atoms with Crippen molar-refractivity contribution in [2.24, 2.45) is 0 Å². The number of hydrogen-bond donors (Lipinski definition) is 2. The Balaban J connectivity index is 2.58. The van der Waals surface area contributed by atoms with Crippen LogP contribution in [-0.4, -0.2) is 23.8 Å². The van der Waals surface area contributed by atoms with Crippen molar-refractivity contribution in [1.29, 1.82) is 0 Å². The first-order chi connectivity index (χ1) is 8.11. The predicted molar refractivity (Wildman–Crippen MR) is 66.9 cm³/mol. The van der Waals surface area contributed by atoms with E-state index >= 15 is 0 Å². The van der Waals surface area contributed by atoms with Crippen molar-refractivity contribution in [1.82, 2.24) is 5.32 Å². The van der Waals surface area contributed by atoms with Crippen LogP contribution in [0.25, 0.3) is 6.08 Å². The maximum absolute atomic E-state index is 10.3. The van der Waals surface area contributed by atoms with Gasteiger partial charge >= 0.3 is 5.97 Å². The molecular formula is C13H17NO3. The monoisotopic (exact) mass is 235 g/mol. The number of carboxylic acid groups (broad SMARTS) is 1. The fourth-order valence-electron chi connectivity index (χ4n) is 1.36. The largest absolute Gasteiger partial charge is 0.478 e. The quantitative estimate of drug-likeness (QED) is 0.585. The third-order valence-electron chi connectivity index (χ3n) is 2.10. The fraction of sp³-hybridized carbons (Fsp3) is 0.308. The maximum atomic E-state index is 10.3. The average molecular weight is 235 g/mol. The molecule has 4 nitrogen and oxygen atoms in total. The molecule has 1 aromatic rings. The molecule has 0 bridgehead atoms. The molecule has 2 N–H and O–H groups in total. The van der Waals surface area contributed by atoms with E-state index in [0.29, 0.717) is 0 Å². The first-order valence-electron chi connectivity index (χ1n) is 5.53. The Bertz CT molecular complexity index is 384. The number of aliphatic carboxylic acids is 1. The second-order valence-corrected chi connectivity index (χ2v) is 3.56. The van der Waals surface area contributed by atoms with E-state index in [-0.39, 0.29) is 6.23 Å². The third kappa shape index (κ3) is 5.17. The number of benzene rings is 1. The van der Waals surface area contributed by atoms with Crippen molar-refractivity contribution in [2.45, 2.75) is 20.1 Å². The van der Waals surface area contributed by atoms with Gasteiger partial charge in [0.05, 0.1) is 0 Å². The van der Waals surface area contributed by atoms with Gasteiger partial charge in [-0.15, -0.1) is 0 Å². The second-order valence-electron chi connectivity index (χ2n) is 3.56. The molecule has 17 heavy (non-hydrogen) atoms. The summed E-state index contributed by atoms with van der Waals surface area (Å²) in [5.41, 5.74) is 0.829. The molecule has 1 unspecified atom stereocenters. The van der Waals surface area contributed by atoms with E-state index in [4.69, 9.17) is 9.84 Å². The van der Waals surface area contributed by atoms with Crippen LogP contribution in [0.4, 0.5) is 0 Å². The normalized spacial score (nSPS) is 12.6. The molecule has 0 radical (unpaired) electrons. The highest BCUT2D eigenvalue weighted by Gasteiger charge is 2.00. The number of carboxylic acids is 1.